The summed E-state index contributed by atoms with van der Waals surface area (Å²) < 4.78 is 5.96. The Bertz CT molecular complexity index is 1020. The Kier molecular flexibility index (Phi) is 5.98. The van der Waals surface area contributed by atoms with Gasteiger partial charge < -0.3 is 19.0 Å². The van der Waals surface area contributed by atoms with Gasteiger partial charge in [-0.25, -0.2) is 9.97 Å². The van der Waals surface area contributed by atoms with Crippen LogP contribution in [0.25, 0.3) is 11.4 Å². The number of aromatic nitrogens is 5. The highest BCUT2D eigenvalue weighted by molar-refractivity contribution is 5.85. The molecule has 0 unspecified atom stereocenters. The van der Waals surface area contributed by atoms with E-state index in [4.69, 9.17) is 0 Å². The zero-order valence-electron chi connectivity index (χ0n) is 15.6. The Morgan fingerprint density at radius 1 is 1.14 bits per heavy atom. The molecule has 5 rings (SSSR count). The highest BCUT2D eigenvalue weighted by Crippen LogP contribution is 2.32. The third kappa shape index (κ3) is 3.38. The number of nitrogens with zero attached hydrogens (tertiary/aromatic N) is 5. The van der Waals surface area contributed by atoms with E-state index in [0.717, 1.165) is 31.2 Å². The number of piperidine rings is 1. The molecule has 5 heterocycles. The number of rotatable bonds is 3. The number of imidazole rings is 2. The van der Waals surface area contributed by atoms with E-state index in [1.54, 1.807) is 12.4 Å². The number of fused-ring (bicyclic) bond motifs is 4. The van der Waals surface area contributed by atoms with E-state index >= 15 is 0 Å². The molecule has 3 aromatic heterocycles. The second kappa shape index (κ2) is 8.11. The highest BCUT2D eigenvalue weighted by atomic mass is 35.5. The summed E-state index contributed by atoms with van der Waals surface area (Å²) in [5.41, 5.74) is 1.90. The second-order valence-corrected chi connectivity index (χ2v) is 7.38. The Balaban J connectivity index is 0.00000112. The van der Waals surface area contributed by atoms with Gasteiger partial charge in [0.2, 0.25) is 0 Å². The van der Waals surface area contributed by atoms with E-state index in [9.17, 15) is 4.79 Å². The van der Waals surface area contributed by atoms with E-state index < -0.39 is 0 Å². The van der Waals surface area contributed by atoms with E-state index in [1.807, 2.05) is 39.2 Å². The van der Waals surface area contributed by atoms with Crippen LogP contribution in [0, 0.1) is 5.92 Å². The van der Waals surface area contributed by atoms with Crippen LogP contribution >= 0.6 is 24.8 Å². The third-order valence-electron chi connectivity index (χ3n) is 5.70. The topological polar surface area (TPSA) is 69.7 Å². The third-order valence-corrected chi connectivity index (χ3v) is 5.70. The summed E-state index contributed by atoms with van der Waals surface area (Å²) in [6.45, 7) is 3.35. The molecule has 150 valence electrons. The van der Waals surface area contributed by atoms with Crippen LogP contribution in [0.2, 0.25) is 0 Å². The lowest BCUT2D eigenvalue weighted by molar-refractivity contribution is 0.257. The van der Waals surface area contributed by atoms with Crippen molar-refractivity contribution in [2.75, 3.05) is 13.1 Å². The maximum atomic E-state index is 13.2. The number of halogens is 2. The summed E-state index contributed by atoms with van der Waals surface area (Å²) in [6, 6.07) is 4.06. The Morgan fingerprint density at radius 2 is 1.96 bits per heavy atom. The van der Waals surface area contributed by atoms with Crippen molar-refractivity contribution in [3.8, 4) is 11.4 Å². The monoisotopic (exact) mass is 422 g/mol. The lowest BCUT2D eigenvalue weighted by atomic mass is 9.84. The van der Waals surface area contributed by atoms with Crippen molar-refractivity contribution in [1.29, 1.82) is 0 Å². The van der Waals surface area contributed by atoms with E-state index in [0.29, 0.717) is 29.8 Å². The maximum Gasteiger partial charge on any atom is 0.261 e. The standard InChI is InChI=1S/C19H22N6O.2ClH/c1-23-6-4-21-17(23)12-24-7-5-22-18(24)15-2-3-16-14-8-13(9-20-10-14)11-25(16)19(15)26;;/h2-7,13-14,20H,8-12H2,1H3;2*1H/t13-,14+;;/m0../s1. The van der Waals surface area contributed by atoms with Crippen LogP contribution in [-0.2, 0) is 20.1 Å². The van der Waals surface area contributed by atoms with Crippen molar-refractivity contribution in [3.05, 3.63) is 58.8 Å². The highest BCUT2D eigenvalue weighted by Gasteiger charge is 2.31. The summed E-state index contributed by atoms with van der Waals surface area (Å²) in [5.74, 6) is 2.63. The van der Waals surface area contributed by atoms with Crippen LogP contribution < -0.4 is 10.9 Å². The Morgan fingerprint density at radius 3 is 2.75 bits per heavy atom. The minimum Gasteiger partial charge on any atom is -0.337 e. The molecule has 2 aliphatic heterocycles. The molecular weight excluding hydrogens is 399 g/mol. The van der Waals surface area contributed by atoms with Gasteiger partial charge in [0.05, 0.1) is 12.1 Å². The van der Waals surface area contributed by atoms with E-state index in [-0.39, 0.29) is 30.4 Å². The quantitative estimate of drug-likeness (QED) is 0.700. The number of aryl methyl sites for hydroxylation is 1. The van der Waals surface area contributed by atoms with Gasteiger partial charge in [0.1, 0.15) is 11.6 Å². The molecule has 1 fully saturated rings. The van der Waals surface area contributed by atoms with Crippen molar-refractivity contribution in [1.82, 2.24) is 29.0 Å². The van der Waals surface area contributed by atoms with Crippen LogP contribution in [0.15, 0.2) is 41.7 Å². The fourth-order valence-corrected chi connectivity index (χ4v) is 4.34. The van der Waals surface area contributed by atoms with E-state index in [1.165, 1.54) is 6.42 Å². The predicted molar refractivity (Wildman–Crippen MR) is 112 cm³/mol. The van der Waals surface area contributed by atoms with Gasteiger partial charge in [-0.15, -0.1) is 24.8 Å². The molecule has 0 spiro atoms. The van der Waals surface area contributed by atoms with Gasteiger partial charge in [-0.2, -0.15) is 0 Å². The van der Waals surface area contributed by atoms with Crippen LogP contribution in [0.3, 0.4) is 0 Å². The van der Waals surface area contributed by atoms with Crippen molar-refractivity contribution in [2.45, 2.75) is 25.4 Å². The fraction of sp³-hybridized carbons (Fsp3) is 0.421. The van der Waals surface area contributed by atoms with Crippen molar-refractivity contribution < 1.29 is 0 Å². The first kappa shape index (κ1) is 20.6. The second-order valence-electron chi connectivity index (χ2n) is 7.38. The first-order chi connectivity index (χ1) is 12.7. The van der Waals surface area contributed by atoms with Gasteiger partial charge in [-0.05, 0) is 31.0 Å². The van der Waals surface area contributed by atoms with Crippen molar-refractivity contribution in [2.24, 2.45) is 13.0 Å². The molecule has 9 heteroatoms. The molecule has 3 aromatic rings. The molecule has 0 aliphatic carbocycles. The average molecular weight is 423 g/mol. The van der Waals surface area contributed by atoms with Crippen molar-refractivity contribution in [3.63, 3.8) is 0 Å². The van der Waals surface area contributed by atoms with Gasteiger partial charge in [-0.1, -0.05) is 0 Å². The van der Waals surface area contributed by atoms with Crippen molar-refractivity contribution >= 4 is 24.8 Å². The molecule has 7 nitrogen and oxygen atoms in total. The average Bonchev–Trinajstić information content (AvgIpc) is 3.26. The lowest BCUT2D eigenvalue weighted by Crippen LogP contribution is -2.45. The first-order valence-electron chi connectivity index (χ1n) is 9.13. The molecule has 0 amide bonds. The molecule has 2 atom stereocenters. The molecule has 1 saturated heterocycles. The summed E-state index contributed by atoms with van der Waals surface area (Å²) in [4.78, 5) is 22.1. The van der Waals surface area contributed by atoms with Gasteiger partial charge in [0.15, 0.2) is 0 Å². The normalized spacial score (nSPS) is 20.0. The van der Waals surface area contributed by atoms with Gasteiger partial charge in [0, 0.05) is 56.5 Å². The van der Waals surface area contributed by atoms with Crippen LogP contribution in [-0.4, -0.2) is 36.8 Å². The fourth-order valence-electron chi connectivity index (χ4n) is 4.34. The smallest absolute Gasteiger partial charge is 0.261 e. The number of hydrogen-bond acceptors (Lipinski definition) is 4. The summed E-state index contributed by atoms with van der Waals surface area (Å²) in [7, 11) is 1.97. The van der Waals surface area contributed by atoms with Gasteiger partial charge >= 0.3 is 0 Å². The minimum atomic E-state index is 0. The maximum absolute atomic E-state index is 13.2. The van der Waals surface area contributed by atoms with E-state index in [2.05, 4.69) is 21.4 Å². The summed E-state index contributed by atoms with van der Waals surface area (Å²) in [6.07, 6.45) is 8.55. The van der Waals surface area contributed by atoms with Gasteiger partial charge in [-0.3, -0.25) is 4.79 Å². The number of pyridine rings is 1. The molecule has 2 bridgehead atoms. The Hall–Kier alpha value is -2.09. The predicted octanol–water partition coefficient (Wildman–Crippen LogP) is 2.04. The first-order valence-corrected chi connectivity index (χ1v) is 9.13. The summed E-state index contributed by atoms with van der Waals surface area (Å²) >= 11 is 0. The zero-order chi connectivity index (χ0) is 17.7. The zero-order valence-corrected chi connectivity index (χ0v) is 17.2. The molecular formula is C19H24Cl2N6O. The molecule has 2 aliphatic rings. The Labute approximate surface area is 175 Å². The molecule has 1 N–H and O–H groups in total. The number of hydrogen-bond donors (Lipinski definition) is 1. The minimum absolute atomic E-state index is 0. The van der Waals surface area contributed by atoms with Crippen LogP contribution in [0.1, 0.15) is 23.9 Å². The van der Waals surface area contributed by atoms with Gasteiger partial charge in [0.25, 0.3) is 5.56 Å². The number of nitrogens with one attached hydrogen (secondary N) is 1. The molecule has 0 radical (unpaired) electrons. The lowest BCUT2D eigenvalue weighted by Gasteiger charge is -2.37. The van der Waals surface area contributed by atoms with Crippen LogP contribution in [0.4, 0.5) is 0 Å². The SMILES string of the molecule is Cl.Cl.Cn1ccnc1Cn1ccnc1-c1ccc2n(c1=O)C[C@@H]1CNC[C@H]2C1. The van der Waals surface area contributed by atoms with Crippen LogP contribution in [0.5, 0.6) is 0 Å². The summed E-state index contributed by atoms with van der Waals surface area (Å²) in [5, 5.41) is 3.49. The molecule has 0 saturated carbocycles. The largest absolute Gasteiger partial charge is 0.337 e. The molecule has 28 heavy (non-hydrogen) atoms. The molecule has 0 aromatic carbocycles.